The average Bonchev–Trinajstić information content (AvgIpc) is 2.35. The molecule has 0 radical (unpaired) electrons. The number of nitrogen functional groups attached to an aromatic ring is 1. The van der Waals surface area contributed by atoms with Crippen LogP contribution in [0.5, 0.6) is 0 Å². The molecule has 6 nitrogen and oxygen atoms in total. The Morgan fingerprint density at radius 3 is 2.72 bits per heavy atom. The molecule has 0 aliphatic carbocycles. The number of piperazine rings is 1. The predicted octanol–water partition coefficient (Wildman–Crippen LogP) is 0.209. The normalized spacial score (nSPS) is 17.7. The number of carbonyl (C=O) groups excluding carboxylic acids is 1. The van der Waals surface area contributed by atoms with Gasteiger partial charge in [-0.2, -0.15) is 0 Å². The summed E-state index contributed by atoms with van der Waals surface area (Å²) in [5.74, 6) is -0.0419. The molecule has 1 fully saturated rings. The van der Waals surface area contributed by atoms with Crippen molar-refractivity contribution in [2.24, 2.45) is 0 Å². The first-order valence-corrected chi connectivity index (χ1v) is 6.10. The predicted molar refractivity (Wildman–Crippen MR) is 70.2 cm³/mol. The van der Waals surface area contributed by atoms with E-state index in [4.69, 9.17) is 17.3 Å². The van der Waals surface area contributed by atoms with Gasteiger partial charge in [-0.1, -0.05) is 11.6 Å². The Kier molecular flexibility index (Phi) is 4.00. The molecule has 3 N–H and O–H groups in total. The molecule has 0 spiro atoms. The first-order chi connectivity index (χ1) is 8.56. The van der Waals surface area contributed by atoms with Crippen LogP contribution in [0, 0.1) is 0 Å². The molecule has 0 unspecified atom stereocenters. The van der Waals surface area contributed by atoms with Gasteiger partial charge in [0.15, 0.2) is 5.69 Å². The van der Waals surface area contributed by atoms with Crippen molar-refractivity contribution in [3.8, 4) is 0 Å². The molecule has 1 aromatic rings. The van der Waals surface area contributed by atoms with Crippen LogP contribution in [0.2, 0.25) is 5.02 Å². The summed E-state index contributed by atoms with van der Waals surface area (Å²) < 4.78 is 0. The molecular weight excluding hydrogens is 254 g/mol. The van der Waals surface area contributed by atoms with Gasteiger partial charge in [-0.3, -0.25) is 10.2 Å². The lowest BCUT2D eigenvalue weighted by Gasteiger charge is -2.32. The van der Waals surface area contributed by atoms with Crippen LogP contribution in [0.25, 0.3) is 0 Å². The third-order valence-corrected chi connectivity index (χ3v) is 3.15. The lowest BCUT2D eigenvalue weighted by atomic mass is 10.3. The number of hydrazine groups is 1. The Morgan fingerprint density at radius 2 is 2.06 bits per heavy atom. The van der Waals surface area contributed by atoms with Crippen molar-refractivity contribution in [2.45, 2.75) is 0 Å². The van der Waals surface area contributed by atoms with Crippen molar-refractivity contribution >= 4 is 23.3 Å². The largest absolute Gasteiger partial charge is 0.384 e. The molecule has 18 heavy (non-hydrogen) atoms. The lowest BCUT2D eigenvalue weighted by molar-refractivity contribution is 0.0658. The van der Waals surface area contributed by atoms with E-state index < -0.39 is 0 Å². The maximum Gasteiger partial charge on any atom is 0.285 e. The van der Waals surface area contributed by atoms with Gasteiger partial charge in [0.05, 0.1) is 5.02 Å². The molecule has 1 aliphatic rings. The van der Waals surface area contributed by atoms with Crippen molar-refractivity contribution in [1.82, 2.24) is 20.3 Å². The minimum absolute atomic E-state index is 0.163. The number of rotatable bonds is 2. The highest BCUT2D eigenvalue weighted by molar-refractivity contribution is 6.33. The average molecular weight is 270 g/mol. The van der Waals surface area contributed by atoms with E-state index in [0.29, 0.717) is 5.02 Å². The van der Waals surface area contributed by atoms with Gasteiger partial charge in [-0.15, -0.1) is 0 Å². The summed E-state index contributed by atoms with van der Waals surface area (Å²) in [6.07, 6.45) is 0. The number of carbonyl (C=O) groups is 1. The SMILES string of the molecule is CN1CCN(NC(=O)c2nc(N)ccc2Cl)CC1. The zero-order valence-corrected chi connectivity index (χ0v) is 10.9. The highest BCUT2D eigenvalue weighted by atomic mass is 35.5. The van der Waals surface area contributed by atoms with Crippen molar-refractivity contribution in [2.75, 3.05) is 39.0 Å². The van der Waals surface area contributed by atoms with Crippen molar-refractivity contribution in [3.05, 3.63) is 22.8 Å². The molecule has 1 saturated heterocycles. The minimum Gasteiger partial charge on any atom is -0.384 e. The van der Waals surface area contributed by atoms with Crippen LogP contribution in [-0.2, 0) is 0 Å². The van der Waals surface area contributed by atoms with E-state index in [1.807, 2.05) is 5.01 Å². The minimum atomic E-state index is -0.322. The molecule has 0 bridgehead atoms. The van der Waals surface area contributed by atoms with E-state index >= 15 is 0 Å². The zero-order valence-electron chi connectivity index (χ0n) is 10.2. The van der Waals surface area contributed by atoms with E-state index in [1.165, 1.54) is 0 Å². The second-order valence-electron chi connectivity index (χ2n) is 4.30. The zero-order chi connectivity index (χ0) is 13.1. The molecule has 1 aromatic heterocycles. The Hall–Kier alpha value is -1.37. The summed E-state index contributed by atoms with van der Waals surface area (Å²) >= 11 is 5.93. The number of nitrogens with zero attached hydrogens (tertiary/aromatic N) is 3. The number of aromatic nitrogens is 1. The number of hydrogen-bond donors (Lipinski definition) is 2. The van der Waals surface area contributed by atoms with Crippen LogP contribution in [0.3, 0.4) is 0 Å². The number of nitrogens with two attached hydrogens (primary N) is 1. The van der Waals surface area contributed by atoms with Crippen LogP contribution in [0.4, 0.5) is 5.82 Å². The first kappa shape index (κ1) is 13.1. The summed E-state index contributed by atoms with van der Waals surface area (Å²) in [7, 11) is 2.05. The number of halogens is 1. The number of anilines is 1. The number of pyridine rings is 1. The molecular formula is C11H16ClN5O. The van der Waals surface area contributed by atoms with Gasteiger partial charge in [0.2, 0.25) is 0 Å². The fourth-order valence-corrected chi connectivity index (χ4v) is 1.92. The van der Waals surface area contributed by atoms with E-state index in [1.54, 1.807) is 12.1 Å². The third-order valence-electron chi connectivity index (χ3n) is 2.85. The van der Waals surface area contributed by atoms with Gasteiger partial charge in [0.25, 0.3) is 5.91 Å². The van der Waals surface area contributed by atoms with Crippen LogP contribution in [0.15, 0.2) is 12.1 Å². The topological polar surface area (TPSA) is 74.5 Å². The van der Waals surface area contributed by atoms with Gasteiger partial charge < -0.3 is 10.6 Å². The molecule has 0 atom stereocenters. The van der Waals surface area contributed by atoms with Crippen molar-refractivity contribution in [3.63, 3.8) is 0 Å². The molecule has 0 saturated carbocycles. The lowest BCUT2D eigenvalue weighted by Crippen LogP contribution is -2.52. The summed E-state index contributed by atoms with van der Waals surface area (Å²) in [6, 6.07) is 3.14. The summed E-state index contributed by atoms with van der Waals surface area (Å²) in [6.45, 7) is 3.39. The molecule has 1 amide bonds. The summed E-state index contributed by atoms with van der Waals surface area (Å²) in [4.78, 5) is 18.2. The Labute approximate surface area is 111 Å². The summed E-state index contributed by atoms with van der Waals surface area (Å²) in [5.41, 5.74) is 8.50. The highest BCUT2D eigenvalue weighted by Gasteiger charge is 2.19. The van der Waals surface area contributed by atoms with Crippen LogP contribution in [0.1, 0.15) is 10.5 Å². The van der Waals surface area contributed by atoms with Gasteiger partial charge in [0.1, 0.15) is 5.82 Å². The van der Waals surface area contributed by atoms with E-state index in [9.17, 15) is 4.79 Å². The molecule has 7 heteroatoms. The van der Waals surface area contributed by atoms with Crippen molar-refractivity contribution in [1.29, 1.82) is 0 Å². The standard InChI is InChI=1S/C11H16ClN5O/c1-16-4-6-17(7-5-16)15-11(18)10-8(12)2-3-9(13)14-10/h2-3H,4-7H2,1H3,(H2,13,14)(H,15,18). The van der Waals surface area contributed by atoms with Gasteiger partial charge in [-0.05, 0) is 19.2 Å². The second kappa shape index (κ2) is 5.51. The Bertz CT molecular complexity index is 445. The van der Waals surface area contributed by atoms with E-state index in [0.717, 1.165) is 26.2 Å². The Morgan fingerprint density at radius 1 is 1.39 bits per heavy atom. The van der Waals surface area contributed by atoms with Gasteiger partial charge in [-0.25, -0.2) is 9.99 Å². The van der Waals surface area contributed by atoms with Crippen LogP contribution >= 0.6 is 11.6 Å². The molecule has 1 aliphatic heterocycles. The highest BCUT2D eigenvalue weighted by Crippen LogP contribution is 2.15. The van der Waals surface area contributed by atoms with E-state index in [2.05, 4.69) is 22.4 Å². The molecule has 0 aromatic carbocycles. The third kappa shape index (κ3) is 3.10. The maximum absolute atomic E-state index is 12.0. The number of likely N-dealkylation sites (N-methyl/N-ethyl adjacent to an activating group) is 1. The van der Waals surface area contributed by atoms with Gasteiger partial charge >= 0.3 is 0 Å². The second-order valence-corrected chi connectivity index (χ2v) is 4.70. The van der Waals surface area contributed by atoms with Crippen LogP contribution in [-0.4, -0.2) is 54.0 Å². The fourth-order valence-electron chi connectivity index (χ4n) is 1.73. The van der Waals surface area contributed by atoms with Crippen molar-refractivity contribution < 1.29 is 4.79 Å². The first-order valence-electron chi connectivity index (χ1n) is 5.73. The van der Waals surface area contributed by atoms with Gasteiger partial charge in [0, 0.05) is 26.2 Å². The molecule has 2 rings (SSSR count). The molecule has 2 heterocycles. The number of nitrogens with one attached hydrogen (secondary N) is 1. The smallest absolute Gasteiger partial charge is 0.285 e. The fraction of sp³-hybridized carbons (Fsp3) is 0.455. The number of hydrogen-bond acceptors (Lipinski definition) is 5. The monoisotopic (exact) mass is 269 g/mol. The number of amides is 1. The molecule has 98 valence electrons. The quantitative estimate of drug-likeness (QED) is 0.803. The van der Waals surface area contributed by atoms with Crippen LogP contribution < -0.4 is 11.2 Å². The summed E-state index contributed by atoms with van der Waals surface area (Å²) in [5, 5.41) is 2.17. The van der Waals surface area contributed by atoms with E-state index in [-0.39, 0.29) is 17.4 Å². The Balaban J connectivity index is 2.01. The maximum atomic E-state index is 12.0.